The fraction of sp³-hybridized carbons (Fsp3) is 0.824. The minimum atomic E-state index is -0.527. The van der Waals surface area contributed by atoms with E-state index < -0.39 is 7.26 Å². The summed E-state index contributed by atoms with van der Waals surface area (Å²) in [6.45, 7) is 9.46. The Bertz CT molecular complexity index is 234. The lowest BCUT2D eigenvalue weighted by molar-refractivity contribution is 0.834. The Morgan fingerprint density at radius 1 is 0.850 bits per heavy atom. The van der Waals surface area contributed by atoms with Crippen molar-refractivity contribution in [2.24, 2.45) is 0 Å². The maximum Gasteiger partial charge on any atom is 0.0919 e. The summed E-state index contributed by atoms with van der Waals surface area (Å²) in [6.07, 6.45) is 20.0. The Balaban J connectivity index is 0.000000595. The topological polar surface area (TPSA) is 28.7 Å². The molecule has 0 atom stereocenters. The van der Waals surface area contributed by atoms with E-state index in [4.69, 9.17) is 0 Å². The van der Waals surface area contributed by atoms with Crippen molar-refractivity contribution < 1.29 is 0 Å². The molecule has 2 nitrogen and oxygen atoms in total. The summed E-state index contributed by atoms with van der Waals surface area (Å²) in [5.74, 6) is 0. The molecule has 1 heterocycles. The van der Waals surface area contributed by atoms with E-state index >= 15 is 0 Å². The number of rotatable bonds is 10. The SMILES string of the molecule is CCCC[P](CC)(CCCC)CCCC.c1c[nH]cn1. The van der Waals surface area contributed by atoms with Crippen LogP contribution < -0.4 is 0 Å². The summed E-state index contributed by atoms with van der Waals surface area (Å²) in [5.41, 5.74) is 0. The molecule has 0 unspecified atom stereocenters. The highest BCUT2D eigenvalue weighted by molar-refractivity contribution is 7.75. The molecule has 0 saturated carbocycles. The van der Waals surface area contributed by atoms with Gasteiger partial charge in [-0.25, -0.2) is 4.98 Å². The molecule has 0 amide bonds. The molecular weight excluding hydrogens is 263 g/mol. The first-order valence-corrected chi connectivity index (χ1v) is 11.1. The van der Waals surface area contributed by atoms with Crippen molar-refractivity contribution in [3.8, 4) is 0 Å². The number of hydrogen-bond donors (Lipinski definition) is 1. The number of unbranched alkanes of at least 4 members (excludes halogenated alkanes) is 3. The van der Waals surface area contributed by atoms with Gasteiger partial charge in [0.2, 0.25) is 0 Å². The Morgan fingerprint density at radius 3 is 1.55 bits per heavy atom. The van der Waals surface area contributed by atoms with Gasteiger partial charge in [0, 0.05) is 12.4 Å². The van der Waals surface area contributed by atoms with E-state index in [9.17, 15) is 0 Å². The van der Waals surface area contributed by atoms with Crippen LogP contribution in [0.25, 0.3) is 0 Å². The first-order valence-electron chi connectivity index (χ1n) is 8.52. The standard InChI is InChI=1S/C14H32P.C3H4N2/c1-5-9-12-15(8-4,13-10-6-2)14-11-7-3;1-2-5-3-4-1/h5-14H2,1-4H3;1-3H,(H,4,5). The van der Waals surface area contributed by atoms with E-state index in [1.165, 1.54) is 44.7 Å². The minimum Gasteiger partial charge on any atom is -0.351 e. The molecule has 0 spiro atoms. The number of nitrogens with one attached hydrogen (secondary N) is 1. The van der Waals surface area contributed by atoms with Crippen LogP contribution in [-0.2, 0) is 0 Å². The smallest absolute Gasteiger partial charge is 0.0919 e. The lowest BCUT2D eigenvalue weighted by Crippen LogP contribution is -2.11. The van der Waals surface area contributed by atoms with Crippen LogP contribution in [0.1, 0.15) is 66.2 Å². The Morgan fingerprint density at radius 2 is 1.35 bits per heavy atom. The van der Waals surface area contributed by atoms with Gasteiger partial charge in [-0.3, -0.25) is 0 Å². The molecule has 0 aliphatic carbocycles. The van der Waals surface area contributed by atoms with Gasteiger partial charge in [-0.05, 0) is 43.9 Å². The normalized spacial score (nSPS) is 11.0. The van der Waals surface area contributed by atoms with Crippen LogP contribution in [0.15, 0.2) is 18.7 Å². The van der Waals surface area contributed by atoms with Gasteiger partial charge in [0.15, 0.2) is 0 Å². The van der Waals surface area contributed by atoms with E-state index in [1.807, 2.05) is 0 Å². The molecule has 1 aromatic rings. The van der Waals surface area contributed by atoms with E-state index in [1.54, 1.807) is 37.2 Å². The monoisotopic (exact) mass is 299 g/mol. The zero-order chi connectivity index (χ0) is 15.1. The average molecular weight is 299 g/mol. The van der Waals surface area contributed by atoms with Crippen molar-refractivity contribution in [1.82, 2.24) is 9.97 Å². The van der Waals surface area contributed by atoms with Crippen LogP contribution in [0.2, 0.25) is 0 Å². The molecule has 0 bridgehead atoms. The van der Waals surface area contributed by atoms with E-state index in [-0.39, 0.29) is 0 Å². The molecular formula is C17H36N2P. The van der Waals surface area contributed by atoms with Crippen LogP contribution in [0.5, 0.6) is 0 Å². The third kappa shape index (κ3) is 9.53. The predicted octanol–water partition coefficient (Wildman–Crippen LogP) is 5.83. The van der Waals surface area contributed by atoms with Crippen LogP contribution >= 0.6 is 7.26 Å². The van der Waals surface area contributed by atoms with Gasteiger partial charge < -0.3 is 4.98 Å². The molecule has 1 rings (SSSR count). The number of imidazole rings is 1. The molecule has 1 aromatic heterocycles. The van der Waals surface area contributed by atoms with Crippen LogP contribution in [0.3, 0.4) is 0 Å². The number of aromatic nitrogens is 2. The Hall–Kier alpha value is -0.360. The molecule has 0 saturated heterocycles. The third-order valence-corrected chi connectivity index (χ3v) is 9.17. The van der Waals surface area contributed by atoms with Crippen molar-refractivity contribution in [2.75, 3.05) is 24.6 Å². The van der Waals surface area contributed by atoms with Gasteiger partial charge in [0.25, 0.3) is 0 Å². The largest absolute Gasteiger partial charge is 0.351 e. The van der Waals surface area contributed by atoms with Crippen molar-refractivity contribution in [1.29, 1.82) is 0 Å². The maximum absolute atomic E-state index is 3.67. The van der Waals surface area contributed by atoms with Gasteiger partial charge in [-0.2, -0.15) is 0 Å². The van der Waals surface area contributed by atoms with Crippen molar-refractivity contribution in [3.63, 3.8) is 0 Å². The maximum atomic E-state index is 3.67. The van der Waals surface area contributed by atoms with Crippen molar-refractivity contribution in [2.45, 2.75) is 66.2 Å². The molecule has 1 radical (unpaired) electrons. The van der Waals surface area contributed by atoms with E-state index in [0.29, 0.717) is 0 Å². The zero-order valence-electron chi connectivity index (χ0n) is 14.2. The second kappa shape index (κ2) is 13.6. The summed E-state index contributed by atoms with van der Waals surface area (Å²) in [4.78, 5) is 6.42. The van der Waals surface area contributed by atoms with Gasteiger partial charge in [0.05, 0.1) is 6.33 Å². The number of hydrogen-bond acceptors (Lipinski definition) is 1. The molecule has 0 aromatic carbocycles. The first-order chi connectivity index (χ1) is 9.74. The fourth-order valence-electron chi connectivity index (χ4n) is 2.51. The quantitative estimate of drug-likeness (QED) is 0.541. The highest BCUT2D eigenvalue weighted by Crippen LogP contribution is 2.60. The first kappa shape index (κ1) is 19.6. The Labute approximate surface area is 127 Å². The summed E-state index contributed by atoms with van der Waals surface area (Å²) >= 11 is 0. The summed E-state index contributed by atoms with van der Waals surface area (Å²) in [6, 6.07) is 0. The number of aromatic amines is 1. The lowest BCUT2D eigenvalue weighted by atomic mass is 10.4. The molecule has 20 heavy (non-hydrogen) atoms. The van der Waals surface area contributed by atoms with Crippen LogP contribution in [0, 0.1) is 0 Å². The molecule has 119 valence electrons. The average Bonchev–Trinajstić information content (AvgIpc) is 3.07. The van der Waals surface area contributed by atoms with Gasteiger partial charge >= 0.3 is 0 Å². The van der Waals surface area contributed by atoms with E-state index in [0.717, 1.165) is 0 Å². The highest BCUT2D eigenvalue weighted by Gasteiger charge is 2.22. The second-order valence-electron chi connectivity index (χ2n) is 5.65. The lowest BCUT2D eigenvalue weighted by Gasteiger charge is -2.36. The summed E-state index contributed by atoms with van der Waals surface area (Å²) in [7, 11) is -0.527. The summed E-state index contributed by atoms with van der Waals surface area (Å²) in [5, 5.41) is 0. The highest BCUT2D eigenvalue weighted by atomic mass is 31.2. The van der Waals surface area contributed by atoms with Gasteiger partial charge in [-0.1, -0.05) is 47.0 Å². The fourth-order valence-corrected chi connectivity index (χ4v) is 7.09. The molecule has 1 N–H and O–H groups in total. The van der Waals surface area contributed by atoms with Crippen molar-refractivity contribution >= 4 is 7.26 Å². The number of H-pyrrole nitrogens is 1. The Kier molecular flexibility index (Phi) is 13.4. The minimum absolute atomic E-state index is 0.527. The van der Waals surface area contributed by atoms with Crippen LogP contribution in [-0.4, -0.2) is 34.6 Å². The zero-order valence-corrected chi connectivity index (χ0v) is 15.1. The second-order valence-corrected chi connectivity index (χ2v) is 10.3. The number of nitrogens with zero attached hydrogens (tertiary/aromatic N) is 1. The predicted molar refractivity (Wildman–Crippen MR) is 95.4 cm³/mol. The van der Waals surface area contributed by atoms with Crippen LogP contribution in [0.4, 0.5) is 0 Å². The third-order valence-electron chi connectivity index (χ3n) is 4.03. The molecule has 3 heteroatoms. The van der Waals surface area contributed by atoms with E-state index in [2.05, 4.69) is 37.7 Å². The molecule has 0 aliphatic rings. The van der Waals surface area contributed by atoms with Gasteiger partial charge in [0.1, 0.15) is 0 Å². The molecule has 0 fully saturated rings. The van der Waals surface area contributed by atoms with Crippen molar-refractivity contribution in [3.05, 3.63) is 18.7 Å². The molecule has 0 aliphatic heterocycles. The summed E-state index contributed by atoms with van der Waals surface area (Å²) < 4.78 is 0. The van der Waals surface area contributed by atoms with Gasteiger partial charge in [-0.15, -0.1) is 7.26 Å².